The van der Waals surface area contributed by atoms with Gasteiger partial charge < -0.3 is 10.0 Å². The number of carboxylic acid groups (broad SMARTS) is 1. The molecule has 2 atom stereocenters. The molecule has 2 rings (SSSR count). The third-order valence-corrected chi connectivity index (χ3v) is 3.67. The van der Waals surface area contributed by atoms with Gasteiger partial charge in [0, 0.05) is 18.6 Å². The number of likely N-dealkylation sites (tertiary alicyclic amines) is 2. The standard InChI is InChI=1S/C11H20N2O2/c1-12-6-4-10(8-12)13-5-2-3-9(13)7-11(14)15/h9-10H,2-8H2,1H3,(H,14,15). The third-order valence-electron chi connectivity index (χ3n) is 3.67. The van der Waals surface area contributed by atoms with E-state index in [1.54, 1.807) is 0 Å². The molecule has 4 nitrogen and oxygen atoms in total. The Hall–Kier alpha value is -0.610. The van der Waals surface area contributed by atoms with Crippen LogP contribution in [0, 0.1) is 0 Å². The number of rotatable bonds is 3. The van der Waals surface area contributed by atoms with Crippen LogP contribution in [0.5, 0.6) is 0 Å². The van der Waals surface area contributed by atoms with E-state index in [1.807, 2.05) is 0 Å². The molecule has 4 heteroatoms. The van der Waals surface area contributed by atoms with Crippen molar-refractivity contribution in [1.82, 2.24) is 9.80 Å². The monoisotopic (exact) mass is 212 g/mol. The summed E-state index contributed by atoms with van der Waals surface area (Å²) in [7, 11) is 2.14. The average Bonchev–Trinajstić information content (AvgIpc) is 2.72. The normalized spacial score (nSPS) is 33.7. The van der Waals surface area contributed by atoms with Crippen LogP contribution >= 0.6 is 0 Å². The second-order valence-electron chi connectivity index (χ2n) is 4.84. The van der Waals surface area contributed by atoms with E-state index in [4.69, 9.17) is 5.11 Å². The van der Waals surface area contributed by atoms with E-state index in [9.17, 15) is 4.79 Å². The Bertz CT molecular complexity index is 245. The molecular formula is C11H20N2O2. The van der Waals surface area contributed by atoms with Gasteiger partial charge in [-0.1, -0.05) is 0 Å². The highest BCUT2D eigenvalue weighted by atomic mass is 16.4. The zero-order valence-electron chi connectivity index (χ0n) is 9.35. The summed E-state index contributed by atoms with van der Waals surface area (Å²) in [4.78, 5) is 15.5. The second kappa shape index (κ2) is 4.49. The zero-order chi connectivity index (χ0) is 10.8. The minimum atomic E-state index is -0.654. The van der Waals surface area contributed by atoms with Crippen molar-refractivity contribution in [1.29, 1.82) is 0 Å². The highest BCUT2D eigenvalue weighted by molar-refractivity contribution is 5.67. The number of carbonyl (C=O) groups is 1. The van der Waals surface area contributed by atoms with Gasteiger partial charge in [-0.2, -0.15) is 0 Å². The van der Waals surface area contributed by atoms with Gasteiger partial charge >= 0.3 is 5.97 Å². The highest BCUT2D eigenvalue weighted by Gasteiger charge is 2.34. The first-order valence-corrected chi connectivity index (χ1v) is 5.83. The molecule has 2 saturated heterocycles. The highest BCUT2D eigenvalue weighted by Crippen LogP contribution is 2.26. The Labute approximate surface area is 90.9 Å². The summed E-state index contributed by atoms with van der Waals surface area (Å²) < 4.78 is 0. The minimum absolute atomic E-state index is 0.291. The summed E-state index contributed by atoms with van der Waals surface area (Å²) in [6, 6.07) is 0.890. The molecule has 15 heavy (non-hydrogen) atoms. The molecule has 2 heterocycles. The Morgan fingerprint density at radius 1 is 1.40 bits per heavy atom. The molecule has 0 aromatic rings. The summed E-state index contributed by atoms with van der Waals surface area (Å²) in [6.45, 7) is 3.35. The van der Waals surface area contributed by atoms with Crippen LogP contribution in [0.3, 0.4) is 0 Å². The van der Waals surface area contributed by atoms with Crippen molar-refractivity contribution in [3.63, 3.8) is 0 Å². The lowest BCUT2D eigenvalue weighted by Gasteiger charge is -2.29. The number of aliphatic carboxylic acids is 1. The van der Waals surface area contributed by atoms with Gasteiger partial charge in [0.1, 0.15) is 0 Å². The molecule has 2 aliphatic heterocycles. The first-order valence-electron chi connectivity index (χ1n) is 5.83. The lowest BCUT2D eigenvalue weighted by atomic mass is 10.1. The van der Waals surface area contributed by atoms with Crippen LogP contribution in [-0.2, 0) is 4.79 Å². The summed E-state index contributed by atoms with van der Waals surface area (Å²) in [5.41, 5.74) is 0. The fourth-order valence-corrected chi connectivity index (χ4v) is 2.94. The Morgan fingerprint density at radius 2 is 2.20 bits per heavy atom. The van der Waals surface area contributed by atoms with Crippen LogP contribution in [0.2, 0.25) is 0 Å². The van der Waals surface area contributed by atoms with E-state index in [0.29, 0.717) is 18.5 Å². The molecule has 0 amide bonds. The van der Waals surface area contributed by atoms with Crippen molar-refractivity contribution in [2.24, 2.45) is 0 Å². The number of nitrogens with zero attached hydrogens (tertiary/aromatic N) is 2. The van der Waals surface area contributed by atoms with Crippen molar-refractivity contribution in [3.05, 3.63) is 0 Å². The van der Waals surface area contributed by atoms with Crippen LogP contribution in [-0.4, -0.2) is 59.6 Å². The molecule has 0 saturated carbocycles. The maximum Gasteiger partial charge on any atom is 0.304 e. The number of carboxylic acids is 1. The minimum Gasteiger partial charge on any atom is -0.481 e. The zero-order valence-corrected chi connectivity index (χ0v) is 9.35. The van der Waals surface area contributed by atoms with Gasteiger partial charge in [-0.05, 0) is 39.4 Å². The molecule has 1 N–H and O–H groups in total. The molecule has 0 aromatic carbocycles. The molecule has 0 radical (unpaired) electrons. The van der Waals surface area contributed by atoms with E-state index in [1.165, 1.54) is 6.42 Å². The van der Waals surface area contributed by atoms with Gasteiger partial charge in [0.25, 0.3) is 0 Å². The van der Waals surface area contributed by atoms with Gasteiger partial charge in [0.2, 0.25) is 0 Å². The van der Waals surface area contributed by atoms with Gasteiger partial charge in [-0.25, -0.2) is 0 Å². The lowest BCUT2D eigenvalue weighted by Crippen LogP contribution is -2.41. The molecular weight excluding hydrogens is 192 g/mol. The van der Waals surface area contributed by atoms with Crippen LogP contribution in [0.4, 0.5) is 0 Å². The van der Waals surface area contributed by atoms with E-state index >= 15 is 0 Å². The summed E-state index contributed by atoms with van der Waals surface area (Å²) in [5, 5.41) is 8.85. The third kappa shape index (κ3) is 2.49. The first kappa shape index (κ1) is 10.9. The Kier molecular flexibility index (Phi) is 3.26. The molecule has 0 spiro atoms. The smallest absolute Gasteiger partial charge is 0.304 e. The number of hydrogen-bond acceptors (Lipinski definition) is 3. The fourth-order valence-electron chi connectivity index (χ4n) is 2.94. The molecule has 0 bridgehead atoms. The maximum atomic E-state index is 10.7. The molecule has 0 aromatic heterocycles. The second-order valence-corrected chi connectivity index (χ2v) is 4.84. The maximum absolute atomic E-state index is 10.7. The number of likely N-dealkylation sites (N-methyl/N-ethyl adjacent to an activating group) is 1. The molecule has 2 aliphatic rings. The lowest BCUT2D eigenvalue weighted by molar-refractivity contribution is -0.138. The van der Waals surface area contributed by atoms with Gasteiger partial charge in [0.15, 0.2) is 0 Å². The summed E-state index contributed by atoms with van der Waals surface area (Å²) >= 11 is 0. The molecule has 0 aliphatic carbocycles. The predicted octanol–water partition coefficient (Wildman–Crippen LogP) is 0.630. The van der Waals surface area contributed by atoms with Crippen LogP contribution < -0.4 is 0 Å². The topological polar surface area (TPSA) is 43.8 Å². The largest absolute Gasteiger partial charge is 0.481 e. The van der Waals surface area contributed by atoms with Crippen molar-refractivity contribution in [2.75, 3.05) is 26.7 Å². The van der Waals surface area contributed by atoms with Gasteiger partial charge in [-0.15, -0.1) is 0 Å². The molecule has 2 unspecified atom stereocenters. The SMILES string of the molecule is CN1CCC(N2CCCC2CC(=O)O)C1. The average molecular weight is 212 g/mol. The van der Waals surface area contributed by atoms with E-state index < -0.39 is 5.97 Å². The van der Waals surface area contributed by atoms with E-state index in [0.717, 1.165) is 32.5 Å². The van der Waals surface area contributed by atoms with Crippen molar-refractivity contribution < 1.29 is 9.90 Å². The number of hydrogen-bond donors (Lipinski definition) is 1. The summed E-state index contributed by atoms with van der Waals surface area (Å²) in [5.74, 6) is -0.654. The van der Waals surface area contributed by atoms with Gasteiger partial charge in [-0.3, -0.25) is 9.69 Å². The van der Waals surface area contributed by atoms with Crippen molar-refractivity contribution in [3.8, 4) is 0 Å². The van der Waals surface area contributed by atoms with Crippen LogP contribution in [0.1, 0.15) is 25.7 Å². The summed E-state index contributed by atoms with van der Waals surface area (Å²) in [6.07, 6.45) is 3.75. The van der Waals surface area contributed by atoms with E-state index in [2.05, 4.69) is 16.8 Å². The van der Waals surface area contributed by atoms with Crippen LogP contribution in [0.15, 0.2) is 0 Å². The quantitative estimate of drug-likeness (QED) is 0.745. The molecule has 86 valence electrons. The van der Waals surface area contributed by atoms with Gasteiger partial charge in [0.05, 0.1) is 6.42 Å². The van der Waals surface area contributed by atoms with Crippen molar-refractivity contribution >= 4 is 5.97 Å². The van der Waals surface area contributed by atoms with Crippen LogP contribution in [0.25, 0.3) is 0 Å². The fraction of sp³-hybridized carbons (Fsp3) is 0.909. The Balaban J connectivity index is 1.92. The Morgan fingerprint density at radius 3 is 2.80 bits per heavy atom. The predicted molar refractivity (Wildman–Crippen MR) is 57.9 cm³/mol. The molecule has 2 fully saturated rings. The first-order chi connectivity index (χ1) is 7.16. The van der Waals surface area contributed by atoms with Crippen molar-refractivity contribution in [2.45, 2.75) is 37.8 Å². The van der Waals surface area contributed by atoms with E-state index in [-0.39, 0.29) is 0 Å².